The highest BCUT2D eigenvalue weighted by molar-refractivity contribution is 7.89. The Morgan fingerprint density at radius 3 is 2.30 bits per heavy atom. The minimum Gasteiger partial charge on any atom is -0.478 e. The average molecular weight is 389 g/mol. The van der Waals surface area contributed by atoms with E-state index in [4.69, 9.17) is 5.11 Å². The molecule has 1 aromatic carbocycles. The van der Waals surface area contributed by atoms with Gasteiger partial charge in [-0.25, -0.2) is 13.2 Å². The Bertz CT molecular complexity index is 888. The summed E-state index contributed by atoms with van der Waals surface area (Å²) in [6, 6.07) is 10.0. The first kappa shape index (κ1) is 19.5. The molecule has 2 heterocycles. The van der Waals surface area contributed by atoms with Crippen LogP contribution >= 0.6 is 0 Å². The number of aromatic carboxylic acids is 1. The first-order chi connectivity index (χ1) is 12.8. The van der Waals surface area contributed by atoms with E-state index in [-0.39, 0.29) is 22.5 Å². The molecule has 1 aliphatic rings. The molecule has 3 rings (SSSR count). The van der Waals surface area contributed by atoms with Gasteiger partial charge in [-0.2, -0.15) is 4.31 Å². The number of carboxylic acids is 1. The largest absolute Gasteiger partial charge is 0.478 e. The van der Waals surface area contributed by atoms with E-state index in [9.17, 15) is 13.2 Å². The Morgan fingerprint density at radius 1 is 1.15 bits per heavy atom. The molecule has 0 unspecified atom stereocenters. The van der Waals surface area contributed by atoms with Gasteiger partial charge in [-0.05, 0) is 43.7 Å². The fraction of sp³-hybridized carbons (Fsp3) is 0.368. The highest BCUT2D eigenvalue weighted by Crippen LogP contribution is 2.24. The standard InChI is InChI=1S/C19H23N3O4S/c1-14-11-21(27(25,26)18-4-3-9-20-10-18)12-15(2)22(14)13-16-5-7-17(8-6-16)19(23)24/h3-10,14-15H,11-13H2,1-2H3,(H,23,24)/t14-,15+. The van der Waals surface area contributed by atoms with Gasteiger partial charge in [0.25, 0.3) is 0 Å². The first-order valence-corrected chi connectivity index (χ1v) is 10.2. The van der Waals surface area contributed by atoms with E-state index in [0.717, 1.165) is 5.56 Å². The van der Waals surface area contributed by atoms with Crippen molar-refractivity contribution in [1.82, 2.24) is 14.2 Å². The molecule has 0 spiro atoms. The minimum absolute atomic E-state index is 0.0272. The van der Waals surface area contributed by atoms with Gasteiger partial charge < -0.3 is 5.11 Å². The maximum Gasteiger partial charge on any atom is 0.335 e. The smallest absolute Gasteiger partial charge is 0.335 e. The minimum atomic E-state index is -3.56. The Kier molecular flexibility index (Phi) is 5.59. The number of nitrogens with zero attached hydrogens (tertiary/aromatic N) is 3. The van der Waals surface area contributed by atoms with Crippen LogP contribution in [0.2, 0.25) is 0 Å². The van der Waals surface area contributed by atoms with Crippen LogP contribution in [0.5, 0.6) is 0 Å². The van der Waals surface area contributed by atoms with Crippen molar-refractivity contribution >= 4 is 16.0 Å². The zero-order valence-electron chi connectivity index (χ0n) is 15.3. The summed E-state index contributed by atoms with van der Waals surface area (Å²) >= 11 is 0. The molecule has 1 fully saturated rings. The number of aromatic nitrogens is 1. The third-order valence-electron chi connectivity index (χ3n) is 4.91. The zero-order chi connectivity index (χ0) is 19.6. The number of hydrogen-bond acceptors (Lipinski definition) is 5. The second-order valence-electron chi connectivity index (χ2n) is 6.88. The Balaban J connectivity index is 1.73. The highest BCUT2D eigenvalue weighted by atomic mass is 32.2. The maximum atomic E-state index is 12.9. The number of carbonyl (C=O) groups is 1. The van der Waals surface area contributed by atoms with Gasteiger partial charge in [0.2, 0.25) is 10.0 Å². The number of carboxylic acid groups (broad SMARTS) is 1. The van der Waals surface area contributed by atoms with E-state index >= 15 is 0 Å². The van der Waals surface area contributed by atoms with Crippen molar-refractivity contribution in [2.24, 2.45) is 0 Å². The molecule has 8 heteroatoms. The van der Waals surface area contributed by atoms with Crippen molar-refractivity contribution in [3.63, 3.8) is 0 Å². The molecule has 0 bridgehead atoms. The Hall–Kier alpha value is -2.29. The lowest BCUT2D eigenvalue weighted by atomic mass is 10.1. The van der Waals surface area contributed by atoms with E-state index in [1.807, 2.05) is 26.0 Å². The first-order valence-electron chi connectivity index (χ1n) is 8.77. The average Bonchev–Trinajstić information content (AvgIpc) is 2.65. The van der Waals surface area contributed by atoms with Crippen molar-refractivity contribution in [2.75, 3.05) is 13.1 Å². The van der Waals surface area contributed by atoms with Crippen LogP contribution in [-0.4, -0.2) is 58.9 Å². The number of benzene rings is 1. The van der Waals surface area contributed by atoms with Crippen molar-refractivity contribution in [3.8, 4) is 0 Å². The van der Waals surface area contributed by atoms with Gasteiger partial charge in [-0.15, -0.1) is 0 Å². The second kappa shape index (κ2) is 7.75. The Morgan fingerprint density at radius 2 is 1.78 bits per heavy atom. The van der Waals surface area contributed by atoms with Crippen LogP contribution in [0.15, 0.2) is 53.7 Å². The molecular weight excluding hydrogens is 366 g/mol. The van der Waals surface area contributed by atoms with Gasteiger partial charge in [0.1, 0.15) is 4.90 Å². The van der Waals surface area contributed by atoms with E-state index in [0.29, 0.717) is 19.6 Å². The molecule has 144 valence electrons. The molecule has 1 saturated heterocycles. The van der Waals surface area contributed by atoms with E-state index in [2.05, 4.69) is 9.88 Å². The summed E-state index contributed by atoms with van der Waals surface area (Å²) in [7, 11) is -3.56. The van der Waals surface area contributed by atoms with Gasteiger partial charge in [-0.3, -0.25) is 9.88 Å². The lowest BCUT2D eigenvalue weighted by Gasteiger charge is -2.43. The lowest BCUT2D eigenvalue weighted by molar-refractivity contribution is 0.0691. The normalized spacial score (nSPS) is 21.9. The molecule has 1 N–H and O–H groups in total. The number of hydrogen-bond donors (Lipinski definition) is 1. The summed E-state index contributed by atoms with van der Waals surface area (Å²) in [4.78, 5) is 17.3. The quantitative estimate of drug-likeness (QED) is 0.842. The maximum absolute atomic E-state index is 12.9. The topological polar surface area (TPSA) is 90.8 Å². The van der Waals surface area contributed by atoms with Crippen LogP contribution in [0.4, 0.5) is 0 Å². The summed E-state index contributed by atoms with van der Waals surface area (Å²) < 4.78 is 27.2. The Labute approximate surface area is 159 Å². The van der Waals surface area contributed by atoms with Gasteiger partial charge >= 0.3 is 5.97 Å². The fourth-order valence-electron chi connectivity index (χ4n) is 3.43. The predicted octanol–water partition coefficient (Wildman–Crippen LogP) is 2.06. The fourth-order valence-corrected chi connectivity index (χ4v) is 5.00. The third kappa shape index (κ3) is 4.18. The molecule has 0 radical (unpaired) electrons. The summed E-state index contributed by atoms with van der Waals surface area (Å²) in [5.41, 5.74) is 1.26. The summed E-state index contributed by atoms with van der Waals surface area (Å²) in [6.07, 6.45) is 2.93. The van der Waals surface area contributed by atoms with Gasteiger partial charge in [0.15, 0.2) is 0 Å². The van der Waals surface area contributed by atoms with Crippen LogP contribution in [-0.2, 0) is 16.6 Å². The van der Waals surface area contributed by atoms with E-state index < -0.39 is 16.0 Å². The molecule has 1 aliphatic heterocycles. The SMILES string of the molecule is C[C@@H]1CN(S(=O)(=O)c2cccnc2)C[C@H](C)N1Cc1ccc(C(=O)O)cc1. The second-order valence-corrected chi connectivity index (χ2v) is 8.82. The number of piperazine rings is 1. The van der Waals surface area contributed by atoms with E-state index in [1.54, 1.807) is 30.5 Å². The van der Waals surface area contributed by atoms with Crippen molar-refractivity contribution in [3.05, 3.63) is 59.9 Å². The summed E-state index contributed by atoms with van der Waals surface area (Å²) in [5, 5.41) is 9.00. The number of sulfonamides is 1. The number of rotatable bonds is 5. The zero-order valence-corrected chi connectivity index (χ0v) is 16.1. The van der Waals surface area contributed by atoms with Crippen LogP contribution in [0, 0.1) is 0 Å². The van der Waals surface area contributed by atoms with Gasteiger partial charge in [0.05, 0.1) is 5.56 Å². The van der Waals surface area contributed by atoms with Crippen molar-refractivity contribution < 1.29 is 18.3 Å². The van der Waals surface area contributed by atoms with Crippen LogP contribution < -0.4 is 0 Å². The number of pyridine rings is 1. The van der Waals surface area contributed by atoms with Gasteiger partial charge in [0, 0.05) is 44.1 Å². The summed E-state index contributed by atoms with van der Waals surface area (Å²) in [6.45, 7) is 5.45. The van der Waals surface area contributed by atoms with Crippen LogP contribution in [0.1, 0.15) is 29.8 Å². The monoisotopic (exact) mass is 389 g/mol. The molecule has 2 aromatic rings. The molecule has 0 saturated carbocycles. The predicted molar refractivity (Wildman–Crippen MR) is 101 cm³/mol. The van der Waals surface area contributed by atoms with Crippen molar-refractivity contribution in [2.45, 2.75) is 37.4 Å². The molecule has 2 atom stereocenters. The van der Waals surface area contributed by atoms with Crippen molar-refractivity contribution in [1.29, 1.82) is 0 Å². The highest BCUT2D eigenvalue weighted by Gasteiger charge is 2.36. The van der Waals surface area contributed by atoms with Crippen LogP contribution in [0.25, 0.3) is 0 Å². The molecule has 27 heavy (non-hydrogen) atoms. The molecule has 7 nitrogen and oxygen atoms in total. The molecule has 0 aliphatic carbocycles. The van der Waals surface area contributed by atoms with Gasteiger partial charge in [-0.1, -0.05) is 12.1 Å². The lowest BCUT2D eigenvalue weighted by Crippen LogP contribution is -2.57. The molecule has 1 aromatic heterocycles. The van der Waals surface area contributed by atoms with E-state index in [1.165, 1.54) is 10.5 Å². The molecule has 0 amide bonds. The molecular formula is C19H23N3O4S. The summed E-state index contributed by atoms with van der Waals surface area (Å²) in [5.74, 6) is -0.947. The van der Waals surface area contributed by atoms with Crippen LogP contribution in [0.3, 0.4) is 0 Å². The third-order valence-corrected chi connectivity index (χ3v) is 6.72.